The van der Waals surface area contributed by atoms with Crippen LogP contribution in [0.3, 0.4) is 0 Å². The molecule has 0 heterocycles. The maximum Gasteiger partial charge on any atom is 0.0408 e. The SMILES string of the molecule is CC1(C)c2ccc(Cl)cc2CC1CN. The van der Waals surface area contributed by atoms with Crippen molar-refractivity contribution in [2.45, 2.75) is 25.7 Å². The lowest BCUT2D eigenvalue weighted by atomic mass is 9.79. The van der Waals surface area contributed by atoms with Crippen LogP contribution in [0, 0.1) is 5.92 Å². The lowest BCUT2D eigenvalue weighted by Gasteiger charge is -2.27. The van der Waals surface area contributed by atoms with E-state index in [4.69, 9.17) is 17.3 Å². The van der Waals surface area contributed by atoms with Crippen molar-refractivity contribution in [2.24, 2.45) is 11.7 Å². The summed E-state index contributed by atoms with van der Waals surface area (Å²) < 4.78 is 0. The maximum absolute atomic E-state index is 5.98. The van der Waals surface area contributed by atoms with Crippen molar-refractivity contribution in [1.29, 1.82) is 0 Å². The first-order valence-corrected chi connectivity index (χ1v) is 5.42. The largest absolute Gasteiger partial charge is 0.330 e. The number of benzene rings is 1. The van der Waals surface area contributed by atoms with Crippen molar-refractivity contribution in [2.75, 3.05) is 6.54 Å². The van der Waals surface area contributed by atoms with Gasteiger partial charge in [0, 0.05) is 5.02 Å². The first kappa shape index (κ1) is 10.0. The monoisotopic (exact) mass is 209 g/mol. The molecule has 1 aromatic rings. The van der Waals surface area contributed by atoms with E-state index < -0.39 is 0 Å². The van der Waals surface area contributed by atoms with Gasteiger partial charge in [-0.1, -0.05) is 31.5 Å². The molecule has 0 fully saturated rings. The zero-order valence-corrected chi connectivity index (χ0v) is 9.43. The third-order valence-electron chi connectivity index (χ3n) is 3.53. The Hall–Kier alpha value is -0.530. The van der Waals surface area contributed by atoms with Crippen LogP contribution in [0.1, 0.15) is 25.0 Å². The van der Waals surface area contributed by atoms with Crippen LogP contribution < -0.4 is 5.73 Å². The number of hydrogen-bond acceptors (Lipinski definition) is 1. The molecule has 0 bridgehead atoms. The Morgan fingerprint density at radius 2 is 2.21 bits per heavy atom. The predicted octanol–water partition coefficient (Wildman–Crippen LogP) is 2.75. The Bertz CT molecular complexity index is 357. The van der Waals surface area contributed by atoms with Crippen molar-refractivity contribution in [3.05, 3.63) is 34.3 Å². The Morgan fingerprint density at radius 3 is 2.86 bits per heavy atom. The van der Waals surface area contributed by atoms with E-state index in [2.05, 4.69) is 26.0 Å². The van der Waals surface area contributed by atoms with Gasteiger partial charge in [-0.25, -0.2) is 0 Å². The molecule has 0 saturated heterocycles. The molecule has 1 aliphatic carbocycles. The molecule has 1 nitrogen and oxygen atoms in total. The van der Waals surface area contributed by atoms with E-state index in [1.807, 2.05) is 6.07 Å². The number of fused-ring (bicyclic) bond motifs is 1. The highest BCUT2D eigenvalue weighted by molar-refractivity contribution is 6.30. The first-order valence-electron chi connectivity index (χ1n) is 5.04. The van der Waals surface area contributed by atoms with Crippen LogP contribution in [0.2, 0.25) is 5.02 Å². The van der Waals surface area contributed by atoms with Crippen LogP contribution >= 0.6 is 11.6 Å². The molecule has 14 heavy (non-hydrogen) atoms. The molecule has 0 saturated carbocycles. The fraction of sp³-hybridized carbons (Fsp3) is 0.500. The molecule has 1 atom stereocenters. The molecular weight excluding hydrogens is 194 g/mol. The zero-order chi connectivity index (χ0) is 10.3. The van der Waals surface area contributed by atoms with Crippen LogP contribution in [0.5, 0.6) is 0 Å². The topological polar surface area (TPSA) is 26.0 Å². The van der Waals surface area contributed by atoms with E-state index in [-0.39, 0.29) is 5.41 Å². The second-order valence-electron chi connectivity index (χ2n) is 4.66. The second-order valence-corrected chi connectivity index (χ2v) is 5.10. The van der Waals surface area contributed by atoms with Crippen molar-refractivity contribution < 1.29 is 0 Å². The quantitative estimate of drug-likeness (QED) is 0.757. The highest BCUT2D eigenvalue weighted by Gasteiger charge is 2.38. The Kier molecular flexibility index (Phi) is 2.32. The summed E-state index contributed by atoms with van der Waals surface area (Å²) >= 11 is 5.98. The molecule has 0 aromatic heterocycles. The summed E-state index contributed by atoms with van der Waals surface area (Å²) in [5, 5.41) is 0.831. The third-order valence-corrected chi connectivity index (χ3v) is 3.77. The van der Waals surface area contributed by atoms with E-state index in [0.29, 0.717) is 5.92 Å². The summed E-state index contributed by atoms with van der Waals surface area (Å²) in [6, 6.07) is 6.20. The molecule has 0 amide bonds. The summed E-state index contributed by atoms with van der Waals surface area (Å²) in [5.41, 5.74) is 8.78. The lowest BCUT2D eigenvalue weighted by Crippen LogP contribution is -2.30. The minimum Gasteiger partial charge on any atom is -0.330 e. The molecule has 2 heteroatoms. The molecule has 0 aliphatic heterocycles. The van der Waals surface area contributed by atoms with Gasteiger partial charge in [0.2, 0.25) is 0 Å². The lowest BCUT2D eigenvalue weighted by molar-refractivity contribution is 0.358. The molecule has 76 valence electrons. The van der Waals surface area contributed by atoms with Gasteiger partial charge in [-0.15, -0.1) is 0 Å². The summed E-state index contributed by atoms with van der Waals surface area (Å²) in [7, 11) is 0. The van der Waals surface area contributed by atoms with E-state index in [9.17, 15) is 0 Å². The third kappa shape index (κ3) is 1.35. The van der Waals surface area contributed by atoms with Gasteiger partial charge >= 0.3 is 0 Å². The zero-order valence-electron chi connectivity index (χ0n) is 8.68. The standard InChI is InChI=1S/C12H16ClN/c1-12(2)9(7-14)5-8-6-10(13)3-4-11(8)12/h3-4,6,9H,5,7,14H2,1-2H3. The normalized spacial score (nSPS) is 23.6. The second kappa shape index (κ2) is 3.25. The Labute approximate surface area is 90.3 Å². The maximum atomic E-state index is 5.98. The predicted molar refractivity (Wildman–Crippen MR) is 60.7 cm³/mol. The van der Waals surface area contributed by atoms with Gasteiger partial charge in [-0.05, 0) is 47.6 Å². The van der Waals surface area contributed by atoms with E-state index in [0.717, 1.165) is 18.0 Å². The van der Waals surface area contributed by atoms with Gasteiger partial charge in [-0.3, -0.25) is 0 Å². The summed E-state index contributed by atoms with van der Waals surface area (Å²) in [5.74, 6) is 0.552. The van der Waals surface area contributed by atoms with Crippen molar-refractivity contribution in [3.63, 3.8) is 0 Å². The van der Waals surface area contributed by atoms with Crippen molar-refractivity contribution >= 4 is 11.6 Å². The molecule has 0 spiro atoms. The van der Waals surface area contributed by atoms with Crippen molar-refractivity contribution in [3.8, 4) is 0 Å². The summed E-state index contributed by atoms with van der Waals surface area (Å²) in [4.78, 5) is 0. The average molecular weight is 210 g/mol. The van der Waals surface area contributed by atoms with Crippen LogP contribution in [0.15, 0.2) is 18.2 Å². The molecule has 1 unspecified atom stereocenters. The molecule has 2 rings (SSSR count). The van der Waals surface area contributed by atoms with Crippen LogP contribution in [0.4, 0.5) is 0 Å². The average Bonchev–Trinajstić information content (AvgIpc) is 2.37. The smallest absolute Gasteiger partial charge is 0.0408 e. The Balaban J connectivity index is 2.48. The van der Waals surface area contributed by atoms with E-state index >= 15 is 0 Å². The van der Waals surface area contributed by atoms with E-state index in [1.54, 1.807) is 0 Å². The van der Waals surface area contributed by atoms with Crippen LogP contribution in [-0.2, 0) is 11.8 Å². The van der Waals surface area contributed by atoms with Crippen LogP contribution in [-0.4, -0.2) is 6.54 Å². The number of rotatable bonds is 1. The Morgan fingerprint density at radius 1 is 1.50 bits per heavy atom. The number of halogens is 1. The minimum absolute atomic E-state index is 0.203. The van der Waals surface area contributed by atoms with Crippen molar-refractivity contribution in [1.82, 2.24) is 0 Å². The molecule has 2 N–H and O–H groups in total. The number of hydrogen-bond donors (Lipinski definition) is 1. The van der Waals surface area contributed by atoms with Gasteiger partial charge in [0.1, 0.15) is 0 Å². The number of nitrogens with two attached hydrogens (primary N) is 1. The van der Waals surface area contributed by atoms with E-state index in [1.165, 1.54) is 11.1 Å². The van der Waals surface area contributed by atoms with Gasteiger partial charge < -0.3 is 5.73 Å². The van der Waals surface area contributed by atoms with Gasteiger partial charge in [-0.2, -0.15) is 0 Å². The summed E-state index contributed by atoms with van der Waals surface area (Å²) in [6.45, 7) is 5.29. The van der Waals surface area contributed by atoms with Gasteiger partial charge in [0.05, 0.1) is 0 Å². The highest BCUT2D eigenvalue weighted by atomic mass is 35.5. The molecule has 1 aromatic carbocycles. The van der Waals surface area contributed by atoms with Gasteiger partial charge in [0.15, 0.2) is 0 Å². The molecular formula is C12H16ClN. The molecule has 0 radical (unpaired) electrons. The van der Waals surface area contributed by atoms with Crippen LogP contribution in [0.25, 0.3) is 0 Å². The fourth-order valence-corrected chi connectivity index (χ4v) is 2.67. The molecule has 1 aliphatic rings. The van der Waals surface area contributed by atoms with Gasteiger partial charge in [0.25, 0.3) is 0 Å². The highest BCUT2D eigenvalue weighted by Crippen LogP contribution is 2.43. The minimum atomic E-state index is 0.203. The first-order chi connectivity index (χ1) is 6.55. The fourth-order valence-electron chi connectivity index (χ4n) is 2.48. The summed E-state index contributed by atoms with van der Waals surface area (Å²) in [6.07, 6.45) is 1.07.